The molecule has 0 radical (unpaired) electrons. The molecule has 0 saturated heterocycles. The zero-order chi connectivity index (χ0) is 49.4. The van der Waals surface area contributed by atoms with Gasteiger partial charge in [0, 0.05) is 54.7 Å². The zero-order valence-corrected chi connectivity index (χ0v) is 40.4. The summed E-state index contributed by atoms with van der Waals surface area (Å²) in [5.41, 5.74) is 13.7. The van der Waals surface area contributed by atoms with E-state index in [1.165, 1.54) is 32.3 Å². The fraction of sp³-hybridized carbons (Fsp3) is 0. The van der Waals surface area contributed by atoms with Crippen molar-refractivity contribution in [2.75, 3.05) is 0 Å². The molecule has 75 heavy (non-hydrogen) atoms. The second kappa shape index (κ2) is 17.3. The predicted octanol–water partition coefficient (Wildman–Crippen LogP) is 18.6. The Bertz CT molecular complexity index is 4650. The summed E-state index contributed by atoms with van der Waals surface area (Å²) >= 11 is 0. The second-order valence-corrected chi connectivity index (χ2v) is 19.3. The van der Waals surface area contributed by atoms with Gasteiger partial charge in [-0.3, -0.25) is 0 Å². The standard InChI is InChI=1S/C70H42N4O/c1-4-18-43(19-5-1)49-38-50(44-20-6-2-7-21-44)40-51(39-49)70-73-68(46-22-8-3-9-23-46)72-69(74-70)47-34-32-45(33-35-47)64-65-57-28-14-16-30-61(57)71-67(60(65)42-63-66(64)58-29-15-17-31-62(58)75-63)48-36-37-56-54-26-11-10-24-52(54)53-25-12-13-27-55(53)59(56)41-48/h1-42H. The SMILES string of the molecule is c1ccc(-c2cc(-c3ccccc3)cc(-c3nc(-c4ccccc4)nc(-c4ccc(-c5c6c(cc7c(-c8ccc9c%10ccccc%10c%10ccccc%10c9c8)nc8ccccc8c57)oc5ccccc56)cc4)n3)c2)cc1. The van der Waals surface area contributed by atoms with Gasteiger partial charge in [-0.1, -0.05) is 212 Å². The molecule has 0 fully saturated rings. The lowest BCUT2D eigenvalue weighted by Gasteiger charge is -2.17. The molecule has 15 aromatic rings. The number of para-hydroxylation sites is 2. The van der Waals surface area contributed by atoms with Crippen molar-refractivity contribution in [2.45, 2.75) is 0 Å². The fourth-order valence-electron chi connectivity index (χ4n) is 11.4. The van der Waals surface area contributed by atoms with Gasteiger partial charge in [0.1, 0.15) is 11.2 Å². The van der Waals surface area contributed by atoms with Crippen LogP contribution in [-0.4, -0.2) is 19.9 Å². The average Bonchev–Trinajstić information content (AvgIpc) is 3.94. The summed E-state index contributed by atoms with van der Waals surface area (Å²) in [6.45, 7) is 0. The topological polar surface area (TPSA) is 64.7 Å². The van der Waals surface area contributed by atoms with Crippen LogP contribution >= 0.6 is 0 Å². The molecule has 15 rings (SSSR count). The van der Waals surface area contributed by atoms with Gasteiger partial charge in [-0.05, 0) is 103 Å². The molecular formula is C70H42N4O. The number of benzene rings is 12. The lowest BCUT2D eigenvalue weighted by molar-refractivity contribution is 0.669. The number of fused-ring (bicyclic) bond motifs is 12. The summed E-state index contributed by atoms with van der Waals surface area (Å²) in [7, 11) is 0. The summed E-state index contributed by atoms with van der Waals surface area (Å²) in [6.07, 6.45) is 0. The van der Waals surface area contributed by atoms with E-state index in [0.29, 0.717) is 17.5 Å². The van der Waals surface area contributed by atoms with Gasteiger partial charge in [-0.25, -0.2) is 19.9 Å². The Morgan fingerprint density at radius 3 is 1.28 bits per heavy atom. The first-order valence-corrected chi connectivity index (χ1v) is 25.4. The minimum absolute atomic E-state index is 0.585. The lowest BCUT2D eigenvalue weighted by atomic mass is 9.88. The van der Waals surface area contributed by atoms with E-state index < -0.39 is 0 Å². The highest BCUT2D eigenvalue weighted by Gasteiger charge is 2.23. The fourth-order valence-corrected chi connectivity index (χ4v) is 11.4. The Morgan fingerprint density at radius 1 is 0.227 bits per heavy atom. The summed E-state index contributed by atoms with van der Waals surface area (Å²) < 4.78 is 6.82. The Kier molecular flexibility index (Phi) is 9.82. The van der Waals surface area contributed by atoms with Crippen LogP contribution in [0.3, 0.4) is 0 Å². The third-order valence-electron chi connectivity index (χ3n) is 14.9. The Balaban J connectivity index is 0.943. The van der Waals surface area contributed by atoms with Crippen molar-refractivity contribution in [2.24, 2.45) is 0 Å². The molecule has 3 aromatic heterocycles. The Hall–Kier alpha value is -10.1. The molecule has 0 spiro atoms. The number of rotatable bonds is 7. The predicted molar refractivity (Wildman–Crippen MR) is 310 cm³/mol. The van der Waals surface area contributed by atoms with E-state index in [-0.39, 0.29) is 0 Å². The first-order valence-electron chi connectivity index (χ1n) is 25.4. The lowest BCUT2D eigenvalue weighted by Crippen LogP contribution is -2.00. The molecule has 12 aromatic carbocycles. The quantitative estimate of drug-likeness (QED) is 0.149. The van der Waals surface area contributed by atoms with Crippen LogP contribution in [0.15, 0.2) is 259 Å². The normalized spacial score (nSPS) is 11.7. The number of furan rings is 1. The first-order chi connectivity index (χ1) is 37.2. The smallest absolute Gasteiger partial charge is 0.164 e. The minimum atomic E-state index is 0.585. The number of pyridine rings is 1. The largest absolute Gasteiger partial charge is 0.456 e. The van der Waals surface area contributed by atoms with Crippen LogP contribution in [0.25, 0.3) is 155 Å². The van der Waals surface area contributed by atoms with Gasteiger partial charge in [0.15, 0.2) is 17.5 Å². The van der Waals surface area contributed by atoms with E-state index >= 15 is 0 Å². The molecular weight excluding hydrogens is 913 g/mol. The van der Waals surface area contributed by atoms with Crippen molar-refractivity contribution >= 4 is 75.9 Å². The van der Waals surface area contributed by atoms with Crippen LogP contribution in [0.5, 0.6) is 0 Å². The van der Waals surface area contributed by atoms with Crippen LogP contribution < -0.4 is 0 Å². The molecule has 5 nitrogen and oxygen atoms in total. The van der Waals surface area contributed by atoms with Crippen molar-refractivity contribution in [3.63, 3.8) is 0 Å². The third-order valence-corrected chi connectivity index (χ3v) is 14.9. The van der Waals surface area contributed by atoms with E-state index in [9.17, 15) is 0 Å². The van der Waals surface area contributed by atoms with Crippen LogP contribution in [-0.2, 0) is 0 Å². The van der Waals surface area contributed by atoms with Gasteiger partial charge in [-0.2, -0.15) is 0 Å². The van der Waals surface area contributed by atoms with E-state index in [1.54, 1.807) is 0 Å². The second-order valence-electron chi connectivity index (χ2n) is 19.3. The number of nitrogens with zero attached hydrogens (tertiary/aromatic N) is 4. The van der Waals surface area contributed by atoms with Crippen LogP contribution in [0.1, 0.15) is 0 Å². The highest BCUT2D eigenvalue weighted by atomic mass is 16.3. The van der Waals surface area contributed by atoms with Crippen LogP contribution in [0.2, 0.25) is 0 Å². The van der Waals surface area contributed by atoms with Gasteiger partial charge in [0.25, 0.3) is 0 Å². The number of aromatic nitrogens is 4. The van der Waals surface area contributed by atoms with Crippen molar-refractivity contribution in [1.29, 1.82) is 0 Å². The molecule has 0 amide bonds. The number of hydrogen-bond donors (Lipinski definition) is 0. The molecule has 0 aliphatic heterocycles. The first kappa shape index (κ1) is 42.6. The highest BCUT2D eigenvalue weighted by Crippen LogP contribution is 2.47. The van der Waals surface area contributed by atoms with Crippen molar-refractivity contribution in [3.8, 4) is 78.8 Å². The zero-order valence-electron chi connectivity index (χ0n) is 40.4. The maximum atomic E-state index is 6.82. The third kappa shape index (κ3) is 7.16. The van der Waals surface area contributed by atoms with E-state index in [2.05, 4.69) is 218 Å². The van der Waals surface area contributed by atoms with Gasteiger partial charge in [-0.15, -0.1) is 0 Å². The van der Waals surface area contributed by atoms with Gasteiger partial charge >= 0.3 is 0 Å². The average molecular weight is 955 g/mol. The summed E-state index contributed by atoms with van der Waals surface area (Å²) in [6, 6.07) is 89.9. The molecule has 348 valence electrons. The van der Waals surface area contributed by atoms with E-state index in [4.69, 9.17) is 24.4 Å². The molecule has 0 aliphatic carbocycles. The number of hydrogen-bond acceptors (Lipinski definition) is 5. The van der Waals surface area contributed by atoms with Crippen LogP contribution in [0, 0.1) is 0 Å². The van der Waals surface area contributed by atoms with E-state index in [0.717, 1.165) is 105 Å². The molecule has 0 saturated carbocycles. The molecule has 5 heteroatoms. The van der Waals surface area contributed by atoms with Crippen LogP contribution in [0.4, 0.5) is 0 Å². The maximum Gasteiger partial charge on any atom is 0.164 e. The molecule has 3 heterocycles. The highest BCUT2D eigenvalue weighted by molar-refractivity contribution is 6.29. The maximum absolute atomic E-state index is 6.82. The molecule has 0 atom stereocenters. The van der Waals surface area contributed by atoms with Crippen molar-refractivity contribution in [1.82, 2.24) is 19.9 Å². The summed E-state index contributed by atoms with van der Waals surface area (Å²) in [5.74, 6) is 1.79. The summed E-state index contributed by atoms with van der Waals surface area (Å²) in [5, 5.41) is 12.7. The Morgan fingerprint density at radius 2 is 0.667 bits per heavy atom. The van der Waals surface area contributed by atoms with Gasteiger partial charge in [0.2, 0.25) is 0 Å². The molecule has 0 unspecified atom stereocenters. The monoisotopic (exact) mass is 954 g/mol. The van der Waals surface area contributed by atoms with Crippen molar-refractivity contribution in [3.05, 3.63) is 255 Å². The molecule has 0 aliphatic rings. The van der Waals surface area contributed by atoms with Crippen molar-refractivity contribution < 1.29 is 4.42 Å². The minimum Gasteiger partial charge on any atom is -0.456 e. The Labute approximate surface area is 431 Å². The van der Waals surface area contributed by atoms with Gasteiger partial charge < -0.3 is 4.42 Å². The summed E-state index contributed by atoms with van der Waals surface area (Å²) in [4.78, 5) is 21.2. The molecule has 0 N–H and O–H groups in total. The van der Waals surface area contributed by atoms with Gasteiger partial charge in [0.05, 0.1) is 11.2 Å². The van der Waals surface area contributed by atoms with E-state index in [1.807, 2.05) is 36.4 Å². The molecule has 0 bridgehead atoms.